The van der Waals surface area contributed by atoms with Gasteiger partial charge in [-0.05, 0) is 55.7 Å². The zero-order valence-corrected chi connectivity index (χ0v) is 11.8. The van der Waals surface area contributed by atoms with Crippen molar-refractivity contribution in [1.82, 2.24) is 9.38 Å². The molecule has 3 rings (SSSR count). The first-order valence-corrected chi connectivity index (χ1v) is 6.61. The maximum absolute atomic E-state index is 11.5. The van der Waals surface area contributed by atoms with Crippen LogP contribution in [0.25, 0.3) is 16.9 Å². The Bertz CT molecular complexity index is 815. The predicted octanol–water partition coefficient (Wildman–Crippen LogP) is 3.74. The first-order chi connectivity index (χ1) is 9.60. The van der Waals surface area contributed by atoms with E-state index in [2.05, 4.69) is 31.0 Å². The summed E-state index contributed by atoms with van der Waals surface area (Å²) in [7, 11) is 0. The highest BCUT2D eigenvalue weighted by molar-refractivity contribution is 5.86. The van der Waals surface area contributed by atoms with E-state index in [9.17, 15) is 4.79 Å². The lowest BCUT2D eigenvalue weighted by molar-refractivity contribution is 0.111. The number of hydrogen-bond donors (Lipinski definition) is 0. The quantitative estimate of drug-likeness (QED) is 0.661. The molecule has 1 aromatic carbocycles. The van der Waals surface area contributed by atoms with Gasteiger partial charge in [-0.1, -0.05) is 12.1 Å². The number of aldehydes is 1. The average molecular weight is 264 g/mol. The second-order valence-corrected chi connectivity index (χ2v) is 5.19. The molecule has 100 valence electrons. The van der Waals surface area contributed by atoms with Gasteiger partial charge in [-0.15, -0.1) is 0 Å². The second kappa shape index (κ2) is 4.60. The van der Waals surface area contributed by atoms with Crippen LogP contribution >= 0.6 is 0 Å². The van der Waals surface area contributed by atoms with Crippen LogP contribution in [-0.2, 0) is 0 Å². The number of carbonyl (C=O) groups is 1. The standard InChI is InChI=1S/C17H16N2O/c1-11-6-7-19-15(10-20)17(18-16(19)8-11)14-5-4-12(2)13(3)9-14/h4-10H,1-3H3. The van der Waals surface area contributed by atoms with Gasteiger partial charge in [0.25, 0.3) is 0 Å². The molecule has 0 radical (unpaired) electrons. The summed E-state index contributed by atoms with van der Waals surface area (Å²) in [5.41, 5.74) is 6.70. The number of carbonyl (C=O) groups excluding carboxylic acids is 1. The van der Waals surface area contributed by atoms with E-state index >= 15 is 0 Å². The summed E-state index contributed by atoms with van der Waals surface area (Å²) in [6, 6.07) is 10.1. The predicted molar refractivity (Wildman–Crippen MR) is 80.2 cm³/mol. The summed E-state index contributed by atoms with van der Waals surface area (Å²) < 4.78 is 1.84. The third-order valence-corrected chi connectivity index (χ3v) is 3.71. The molecule has 0 N–H and O–H groups in total. The van der Waals surface area contributed by atoms with Gasteiger partial charge in [0, 0.05) is 11.8 Å². The molecule has 3 aromatic rings. The summed E-state index contributed by atoms with van der Waals surface area (Å²) in [6.45, 7) is 6.16. The number of hydrogen-bond acceptors (Lipinski definition) is 2. The van der Waals surface area contributed by atoms with E-state index in [1.165, 1.54) is 11.1 Å². The van der Waals surface area contributed by atoms with Crippen molar-refractivity contribution in [2.75, 3.05) is 0 Å². The van der Waals surface area contributed by atoms with Crippen molar-refractivity contribution in [3.05, 3.63) is 58.9 Å². The van der Waals surface area contributed by atoms with Crippen molar-refractivity contribution in [3.8, 4) is 11.3 Å². The molecule has 0 unspecified atom stereocenters. The summed E-state index contributed by atoms with van der Waals surface area (Å²) in [4.78, 5) is 16.1. The molecule has 2 heterocycles. The Balaban J connectivity index is 2.29. The maximum Gasteiger partial charge on any atom is 0.169 e. The maximum atomic E-state index is 11.5. The van der Waals surface area contributed by atoms with Crippen molar-refractivity contribution in [3.63, 3.8) is 0 Å². The molecule has 2 aromatic heterocycles. The van der Waals surface area contributed by atoms with E-state index in [1.807, 2.05) is 35.7 Å². The molecule has 0 amide bonds. The number of nitrogens with zero attached hydrogens (tertiary/aromatic N) is 2. The fourth-order valence-corrected chi connectivity index (χ4v) is 2.38. The lowest BCUT2D eigenvalue weighted by Gasteiger charge is -2.03. The van der Waals surface area contributed by atoms with Crippen LogP contribution in [0.1, 0.15) is 27.2 Å². The number of fused-ring (bicyclic) bond motifs is 1. The van der Waals surface area contributed by atoms with Gasteiger partial charge in [0.2, 0.25) is 0 Å². The molecular formula is C17H16N2O. The molecule has 0 saturated heterocycles. The fraction of sp³-hybridized carbons (Fsp3) is 0.176. The van der Waals surface area contributed by atoms with Gasteiger partial charge in [0.15, 0.2) is 6.29 Å². The van der Waals surface area contributed by atoms with Gasteiger partial charge >= 0.3 is 0 Å². The van der Waals surface area contributed by atoms with Crippen LogP contribution in [0, 0.1) is 20.8 Å². The normalized spacial score (nSPS) is 10.9. The monoisotopic (exact) mass is 264 g/mol. The Morgan fingerprint density at radius 1 is 1.05 bits per heavy atom. The third-order valence-electron chi connectivity index (χ3n) is 3.71. The van der Waals surface area contributed by atoms with Crippen LogP contribution in [0.5, 0.6) is 0 Å². The number of rotatable bonds is 2. The Labute approximate surface area is 117 Å². The summed E-state index contributed by atoms with van der Waals surface area (Å²) >= 11 is 0. The van der Waals surface area contributed by atoms with E-state index < -0.39 is 0 Å². The van der Waals surface area contributed by atoms with Crippen LogP contribution in [0.3, 0.4) is 0 Å². The number of aromatic nitrogens is 2. The molecule has 3 nitrogen and oxygen atoms in total. The highest BCUT2D eigenvalue weighted by Gasteiger charge is 2.13. The van der Waals surface area contributed by atoms with Crippen molar-refractivity contribution in [1.29, 1.82) is 0 Å². The van der Waals surface area contributed by atoms with Gasteiger partial charge in [-0.2, -0.15) is 0 Å². The molecule has 3 heteroatoms. The van der Waals surface area contributed by atoms with E-state index in [0.717, 1.165) is 28.8 Å². The van der Waals surface area contributed by atoms with E-state index in [0.29, 0.717) is 5.69 Å². The minimum Gasteiger partial charge on any atom is -0.297 e. The summed E-state index contributed by atoms with van der Waals surface area (Å²) in [5, 5.41) is 0. The molecule has 0 aliphatic heterocycles. The highest BCUT2D eigenvalue weighted by atomic mass is 16.1. The topological polar surface area (TPSA) is 34.4 Å². The number of aryl methyl sites for hydroxylation is 3. The van der Waals surface area contributed by atoms with Crippen LogP contribution in [-0.4, -0.2) is 15.7 Å². The minimum atomic E-state index is 0.600. The molecule has 0 saturated carbocycles. The lowest BCUT2D eigenvalue weighted by atomic mass is 10.0. The SMILES string of the molecule is Cc1ccn2c(C=O)c(-c3ccc(C)c(C)c3)nc2c1. The Morgan fingerprint density at radius 3 is 2.55 bits per heavy atom. The first-order valence-electron chi connectivity index (χ1n) is 6.61. The van der Waals surface area contributed by atoms with Crippen molar-refractivity contribution < 1.29 is 4.79 Å². The zero-order valence-electron chi connectivity index (χ0n) is 11.8. The van der Waals surface area contributed by atoms with Crippen LogP contribution in [0.15, 0.2) is 36.5 Å². The van der Waals surface area contributed by atoms with E-state index in [1.54, 1.807) is 0 Å². The van der Waals surface area contributed by atoms with Crippen LogP contribution < -0.4 is 0 Å². The Hall–Kier alpha value is -2.42. The highest BCUT2D eigenvalue weighted by Crippen LogP contribution is 2.25. The molecular weight excluding hydrogens is 248 g/mol. The molecule has 0 bridgehead atoms. The second-order valence-electron chi connectivity index (χ2n) is 5.19. The van der Waals surface area contributed by atoms with Crippen molar-refractivity contribution >= 4 is 11.9 Å². The van der Waals surface area contributed by atoms with Crippen LogP contribution in [0.4, 0.5) is 0 Å². The molecule has 0 aliphatic carbocycles. The first kappa shape index (κ1) is 12.6. The molecule has 0 aliphatic rings. The van der Waals surface area contributed by atoms with E-state index in [-0.39, 0.29) is 0 Å². The number of imidazole rings is 1. The van der Waals surface area contributed by atoms with Crippen molar-refractivity contribution in [2.45, 2.75) is 20.8 Å². The van der Waals surface area contributed by atoms with Gasteiger partial charge in [0.1, 0.15) is 17.0 Å². The molecule has 20 heavy (non-hydrogen) atoms. The zero-order chi connectivity index (χ0) is 14.3. The molecule has 0 atom stereocenters. The van der Waals surface area contributed by atoms with Crippen molar-refractivity contribution in [2.24, 2.45) is 0 Å². The average Bonchev–Trinajstić information content (AvgIpc) is 2.79. The van der Waals surface area contributed by atoms with Crippen LogP contribution in [0.2, 0.25) is 0 Å². The van der Waals surface area contributed by atoms with Gasteiger partial charge < -0.3 is 0 Å². The van der Waals surface area contributed by atoms with Gasteiger partial charge in [-0.25, -0.2) is 4.98 Å². The van der Waals surface area contributed by atoms with Gasteiger partial charge in [0.05, 0.1) is 0 Å². The lowest BCUT2D eigenvalue weighted by Crippen LogP contribution is -1.93. The summed E-state index contributed by atoms with van der Waals surface area (Å²) in [5.74, 6) is 0. The number of pyridine rings is 1. The van der Waals surface area contributed by atoms with E-state index in [4.69, 9.17) is 0 Å². The summed E-state index contributed by atoms with van der Waals surface area (Å²) in [6.07, 6.45) is 2.77. The largest absolute Gasteiger partial charge is 0.297 e. The Kier molecular flexibility index (Phi) is 2.90. The fourth-order valence-electron chi connectivity index (χ4n) is 2.38. The smallest absolute Gasteiger partial charge is 0.169 e. The minimum absolute atomic E-state index is 0.600. The number of benzene rings is 1. The molecule has 0 fully saturated rings. The van der Waals surface area contributed by atoms with Gasteiger partial charge in [-0.3, -0.25) is 9.20 Å². The Morgan fingerprint density at radius 2 is 1.85 bits per heavy atom. The third kappa shape index (κ3) is 1.92. The molecule has 0 spiro atoms.